The highest BCUT2D eigenvalue weighted by Crippen LogP contribution is 2.15. The number of hydrogen-bond donors (Lipinski definition) is 1. The molecule has 2 N–H and O–H groups in total. The zero-order chi connectivity index (χ0) is 11.1. The predicted molar refractivity (Wildman–Crippen MR) is 60.4 cm³/mol. The molecule has 0 fully saturated rings. The Hall–Kier alpha value is -1.06. The van der Waals surface area contributed by atoms with Crippen LogP contribution in [0.15, 0.2) is 23.1 Å². The fourth-order valence-corrected chi connectivity index (χ4v) is 1.34. The molecule has 0 saturated carbocycles. The average Bonchev–Trinajstić information content (AvgIpc) is 2.59. The van der Waals surface area contributed by atoms with E-state index in [1.54, 1.807) is 0 Å². The van der Waals surface area contributed by atoms with Crippen LogP contribution in [-0.4, -0.2) is 6.61 Å². The molecule has 1 aromatic heterocycles. The summed E-state index contributed by atoms with van der Waals surface area (Å²) in [5.41, 5.74) is 6.57. The second kappa shape index (κ2) is 6.43. The molecule has 15 heavy (non-hydrogen) atoms. The molecule has 1 aromatic rings. The number of nitrogens with two attached hydrogens (primary N) is 1. The van der Waals surface area contributed by atoms with Crippen LogP contribution in [0.5, 0.6) is 0 Å². The van der Waals surface area contributed by atoms with E-state index in [1.807, 2.05) is 19.1 Å². The van der Waals surface area contributed by atoms with Gasteiger partial charge in [0.2, 0.25) is 0 Å². The van der Waals surface area contributed by atoms with Gasteiger partial charge >= 0.3 is 0 Å². The van der Waals surface area contributed by atoms with Crippen molar-refractivity contribution in [2.24, 2.45) is 5.73 Å². The summed E-state index contributed by atoms with van der Waals surface area (Å²) in [5.74, 6) is 1.72. The smallest absolute Gasteiger partial charge is 0.118 e. The molecule has 1 rings (SSSR count). The lowest BCUT2D eigenvalue weighted by molar-refractivity contribution is 0.118. The number of rotatable bonds is 7. The molecule has 0 aliphatic carbocycles. The first-order chi connectivity index (χ1) is 7.27. The Kier molecular flexibility index (Phi) is 5.15. The second-order valence-electron chi connectivity index (χ2n) is 3.48. The molecule has 0 amide bonds. The van der Waals surface area contributed by atoms with Gasteiger partial charge in [-0.1, -0.05) is 6.08 Å². The summed E-state index contributed by atoms with van der Waals surface area (Å²) >= 11 is 0. The molecule has 0 spiro atoms. The molecular weight excluding hydrogens is 190 g/mol. The van der Waals surface area contributed by atoms with Crippen molar-refractivity contribution in [3.05, 3.63) is 35.8 Å². The molecule has 3 nitrogen and oxygen atoms in total. The van der Waals surface area contributed by atoms with Crippen LogP contribution in [0.25, 0.3) is 0 Å². The summed E-state index contributed by atoms with van der Waals surface area (Å²) in [6.45, 7) is 7.40. The van der Waals surface area contributed by atoms with Gasteiger partial charge in [0.15, 0.2) is 0 Å². The summed E-state index contributed by atoms with van der Waals surface area (Å²) in [4.78, 5) is 0. The van der Waals surface area contributed by atoms with Gasteiger partial charge in [-0.05, 0) is 25.8 Å². The summed E-state index contributed by atoms with van der Waals surface area (Å²) in [6.07, 6.45) is 3.92. The van der Waals surface area contributed by atoms with Gasteiger partial charge in [0.25, 0.3) is 0 Å². The Morgan fingerprint density at radius 3 is 3.00 bits per heavy atom. The van der Waals surface area contributed by atoms with E-state index >= 15 is 0 Å². The van der Waals surface area contributed by atoms with Gasteiger partial charge in [0, 0.05) is 12.2 Å². The normalized spacial score (nSPS) is 10.5. The maximum absolute atomic E-state index is 5.51. The van der Waals surface area contributed by atoms with Crippen LogP contribution >= 0.6 is 0 Å². The zero-order valence-electron chi connectivity index (χ0n) is 9.29. The molecule has 0 aliphatic rings. The molecule has 0 saturated heterocycles. The molecule has 84 valence electrons. The van der Waals surface area contributed by atoms with Gasteiger partial charge in [-0.3, -0.25) is 0 Å². The molecule has 1 heterocycles. The Balaban J connectivity index is 2.30. The Morgan fingerprint density at radius 1 is 1.60 bits per heavy atom. The molecule has 0 atom stereocenters. The maximum atomic E-state index is 5.51. The van der Waals surface area contributed by atoms with E-state index in [-0.39, 0.29) is 0 Å². The Morgan fingerprint density at radius 2 is 2.40 bits per heavy atom. The first-order valence-electron chi connectivity index (χ1n) is 5.24. The lowest BCUT2D eigenvalue weighted by Gasteiger charge is -2.01. The van der Waals surface area contributed by atoms with Crippen molar-refractivity contribution in [1.82, 2.24) is 0 Å². The molecular formula is C12H19NO2. The summed E-state index contributed by atoms with van der Waals surface area (Å²) < 4.78 is 10.9. The molecule has 0 aliphatic heterocycles. The topological polar surface area (TPSA) is 48.4 Å². The van der Waals surface area contributed by atoms with Crippen LogP contribution in [0, 0.1) is 6.92 Å². The predicted octanol–water partition coefficient (Wildman–Crippen LogP) is 2.53. The summed E-state index contributed by atoms with van der Waals surface area (Å²) in [6, 6.07) is 1.96. The van der Waals surface area contributed by atoms with Crippen LogP contribution in [0.4, 0.5) is 0 Å². The molecule has 0 unspecified atom stereocenters. The van der Waals surface area contributed by atoms with E-state index in [9.17, 15) is 0 Å². The summed E-state index contributed by atoms with van der Waals surface area (Å²) in [5, 5.41) is 0. The zero-order valence-corrected chi connectivity index (χ0v) is 9.29. The van der Waals surface area contributed by atoms with Crippen LogP contribution in [0.1, 0.15) is 29.9 Å². The molecule has 0 bridgehead atoms. The SMILES string of the molecule is C=CCCCOCc1cc(CN)oc1C. The monoisotopic (exact) mass is 209 g/mol. The quantitative estimate of drug-likeness (QED) is 0.554. The van der Waals surface area contributed by atoms with E-state index in [1.165, 1.54) is 0 Å². The Labute approximate surface area is 90.9 Å². The number of allylic oxidation sites excluding steroid dienone is 1. The fourth-order valence-electron chi connectivity index (χ4n) is 1.34. The lowest BCUT2D eigenvalue weighted by Crippen LogP contribution is -1.95. The minimum atomic E-state index is 0.442. The highest BCUT2D eigenvalue weighted by Gasteiger charge is 2.05. The number of ether oxygens (including phenoxy) is 1. The van der Waals surface area contributed by atoms with Crippen LogP contribution in [-0.2, 0) is 17.9 Å². The van der Waals surface area contributed by atoms with E-state index < -0.39 is 0 Å². The van der Waals surface area contributed by atoms with E-state index in [0.717, 1.165) is 36.5 Å². The van der Waals surface area contributed by atoms with Gasteiger partial charge < -0.3 is 14.9 Å². The highest BCUT2D eigenvalue weighted by molar-refractivity contribution is 5.19. The lowest BCUT2D eigenvalue weighted by atomic mass is 10.2. The third-order valence-corrected chi connectivity index (χ3v) is 2.23. The third kappa shape index (κ3) is 3.90. The fraction of sp³-hybridized carbons (Fsp3) is 0.500. The number of hydrogen-bond acceptors (Lipinski definition) is 3. The van der Waals surface area contributed by atoms with E-state index in [0.29, 0.717) is 13.2 Å². The van der Waals surface area contributed by atoms with Crippen molar-refractivity contribution >= 4 is 0 Å². The van der Waals surface area contributed by atoms with E-state index in [4.69, 9.17) is 14.9 Å². The molecule has 0 radical (unpaired) electrons. The van der Waals surface area contributed by atoms with Crippen molar-refractivity contribution < 1.29 is 9.15 Å². The van der Waals surface area contributed by atoms with Crippen molar-refractivity contribution in [3.63, 3.8) is 0 Å². The average molecular weight is 209 g/mol. The number of unbranched alkanes of at least 4 members (excludes halogenated alkanes) is 1. The first kappa shape index (κ1) is 12.0. The van der Waals surface area contributed by atoms with E-state index in [2.05, 4.69) is 6.58 Å². The van der Waals surface area contributed by atoms with Crippen LogP contribution < -0.4 is 5.73 Å². The third-order valence-electron chi connectivity index (χ3n) is 2.23. The van der Waals surface area contributed by atoms with Gasteiger partial charge in [0.05, 0.1) is 13.2 Å². The number of furan rings is 1. The van der Waals surface area contributed by atoms with Crippen molar-refractivity contribution in [3.8, 4) is 0 Å². The van der Waals surface area contributed by atoms with Gasteiger partial charge in [-0.25, -0.2) is 0 Å². The van der Waals surface area contributed by atoms with Crippen molar-refractivity contribution in [2.75, 3.05) is 6.61 Å². The minimum Gasteiger partial charge on any atom is -0.465 e. The van der Waals surface area contributed by atoms with Gasteiger partial charge in [-0.2, -0.15) is 0 Å². The van der Waals surface area contributed by atoms with Gasteiger partial charge in [-0.15, -0.1) is 6.58 Å². The second-order valence-corrected chi connectivity index (χ2v) is 3.48. The largest absolute Gasteiger partial charge is 0.465 e. The van der Waals surface area contributed by atoms with Crippen LogP contribution in [0.3, 0.4) is 0 Å². The molecule has 0 aromatic carbocycles. The van der Waals surface area contributed by atoms with Crippen molar-refractivity contribution in [2.45, 2.75) is 32.9 Å². The first-order valence-corrected chi connectivity index (χ1v) is 5.24. The maximum Gasteiger partial charge on any atom is 0.118 e. The van der Waals surface area contributed by atoms with Crippen molar-refractivity contribution in [1.29, 1.82) is 0 Å². The highest BCUT2D eigenvalue weighted by atomic mass is 16.5. The van der Waals surface area contributed by atoms with Gasteiger partial charge in [0.1, 0.15) is 11.5 Å². The van der Waals surface area contributed by atoms with Crippen LogP contribution in [0.2, 0.25) is 0 Å². The summed E-state index contributed by atoms with van der Waals surface area (Å²) in [7, 11) is 0. The standard InChI is InChI=1S/C12H19NO2/c1-3-4-5-6-14-9-11-7-12(8-13)15-10(11)2/h3,7H,1,4-6,8-9,13H2,2H3. The number of aryl methyl sites for hydroxylation is 1. The Bertz CT molecular complexity index is 305. The molecule has 3 heteroatoms. The minimum absolute atomic E-state index is 0.442.